The van der Waals surface area contributed by atoms with Crippen molar-refractivity contribution in [2.45, 2.75) is 38.1 Å². The van der Waals surface area contributed by atoms with Crippen LogP contribution < -0.4 is 10.6 Å². The first-order valence-corrected chi connectivity index (χ1v) is 9.21. The van der Waals surface area contributed by atoms with Crippen LogP contribution in [-0.4, -0.2) is 22.8 Å². The quantitative estimate of drug-likeness (QED) is 0.858. The molecule has 0 bridgehead atoms. The highest BCUT2D eigenvalue weighted by Gasteiger charge is 2.19. The van der Waals surface area contributed by atoms with Gasteiger partial charge < -0.3 is 5.32 Å². The van der Waals surface area contributed by atoms with E-state index in [-0.39, 0.29) is 17.9 Å². The molecule has 1 fully saturated rings. The zero-order valence-corrected chi connectivity index (χ0v) is 14.6. The summed E-state index contributed by atoms with van der Waals surface area (Å²) in [7, 11) is 0. The smallest absolute Gasteiger partial charge is 0.271 e. The van der Waals surface area contributed by atoms with Crippen molar-refractivity contribution in [3.05, 3.63) is 45.9 Å². The molecule has 1 aliphatic rings. The molecule has 126 valence electrons. The number of thiazole rings is 1. The number of hydrogen-bond acceptors (Lipinski definition) is 4. The van der Waals surface area contributed by atoms with Crippen molar-refractivity contribution in [2.24, 2.45) is 0 Å². The van der Waals surface area contributed by atoms with Gasteiger partial charge in [0.2, 0.25) is 0 Å². The summed E-state index contributed by atoms with van der Waals surface area (Å²) < 4.78 is 0. The molecule has 2 aromatic rings. The Hall–Kier alpha value is -1.92. The molecule has 0 saturated heterocycles. The van der Waals surface area contributed by atoms with Crippen LogP contribution in [0.5, 0.6) is 0 Å². The van der Waals surface area contributed by atoms with Crippen LogP contribution in [0.15, 0.2) is 29.6 Å². The average Bonchev–Trinajstić information content (AvgIpc) is 3.04. The highest BCUT2D eigenvalue weighted by molar-refractivity contribution is 7.14. The van der Waals surface area contributed by atoms with Crippen molar-refractivity contribution >= 4 is 39.9 Å². The number of rotatable bonds is 4. The van der Waals surface area contributed by atoms with E-state index in [1.807, 2.05) is 0 Å². The van der Waals surface area contributed by atoms with E-state index in [1.165, 1.54) is 17.8 Å². The first-order valence-electron chi connectivity index (χ1n) is 7.95. The van der Waals surface area contributed by atoms with Crippen LogP contribution in [-0.2, 0) is 0 Å². The molecular weight excluding hydrogens is 346 g/mol. The van der Waals surface area contributed by atoms with Crippen LogP contribution >= 0.6 is 22.9 Å². The van der Waals surface area contributed by atoms with Crippen molar-refractivity contribution < 1.29 is 9.59 Å². The molecule has 24 heavy (non-hydrogen) atoms. The Morgan fingerprint density at radius 2 is 1.96 bits per heavy atom. The van der Waals surface area contributed by atoms with Gasteiger partial charge in [-0.3, -0.25) is 14.9 Å². The van der Waals surface area contributed by atoms with Gasteiger partial charge in [0, 0.05) is 22.0 Å². The van der Waals surface area contributed by atoms with Crippen LogP contribution in [0.1, 0.15) is 53.0 Å². The maximum absolute atomic E-state index is 12.2. The van der Waals surface area contributed by atoms with Gasteiger partial charge in [-0.1, -0.05) is 36.9 Å². The Morgan fingerprint density at radius 3 is 2.71 bits per heavy atom. The van der Waals surface area contributed by atoms with Crippen LogP contribution in [0.3, 0.4) is 0 Å². The molecule has 1 aromatic heterocycles. The second-order valence-corrected chi connectivity index (χ2v) is 7.11. The number of aromatic nitrogens is 1. The van der Waals surface area contributed by atoms with E-state index in [2.05, 4.69) is 15.6 Å². The second-order valence-electron chi connectivity index (χ2n) is 5.81. The Labute approximate surface area is 149 Å². The summed E-state index contributed by atoms with van der Waals surface area (Å²) >= 11 is 7.11. The Balaban J connectivity index is 1.60. The molecule has 0 unspecified atom stereocenters. The summed E-state index contributed by atoms with van der Waals surface area (Å²) in [4.78, 5) is 28.6. The molecule has 0 atom stereocenters. The van der Waals surface area contributed by atoms with Crippen LogP contribution in [0.25, 0.3) is 0 Å². The number of benzene rings is 1. The number of anilines is 1. The molecule has 2 amide bonds. The Bertz CT molecular complexity index is 741. The predicted octanol–water partition coefficient (Wildman–Crippen LogP) is 4.11. The van der Waals surface area contributed by atoms with E-state index in [1.54, 1.807) is 29.6 Å². The fourth-order valence-corrected chi connectivity index (χ4v) is 3.62. The summed E-state index contributed by atoms with van der Waals surface area (Å²) in [6, 6.07) is 6.90. The predicted molar refractivity (Wildman–Crippen MR) is 95.9 cm³/mol. The third kappa shape index (κ3) is 4.33. The van der Waals surface area contributed by atoms with Crippen molar-refractivity contribution in [3.8, 4) is 0 Å². The van der Waals surface area contributed by atoms with Gasteiger partial charge >= 0.3 is 0 Å². The van der Waals surface area contributed by atoms with Crippen molar-refractivity contribution in [1.29, 1.82) is 0 Å². The molecule has 5 nitrogen and oxygen atoms in total. The second kappa shape index (κ2) is 7.77. The number of nitrogens with zero attached hydrogens (tertiary/aromatic N) is 1. The van der Waals surface area contributed by atoms with Crippen molar-refractivity contribution in [1.82, 2.24) is 10.3 Å². The van der Waals surface area contributed by atoms with Gasteiger partial charge in [0.15, 0.2) is 5.13 Å². The molecule has 0 radical (unpaired) electrons. The van der Waals surface area contributed by atoms with E-state index >= 15 is 0 Å². The summed E-state index contributed by atoms with van der Waals surface area (Å²) in [5.41, 5.74) is 0.790. The molecule has 2 N–H and O–H groups in total. The molecule has 0 spiro atoms. The Kier molecular flexibility index (Phi) is 5.48. The number of carbonyl (C=O) groups is 2. The van der Waals surface area contributed by atoms with Gasteiger partial charge in [0.05, 0.1) is 0 Å². The molecular formula is C17H18ClN3O2S. The van der Waals surface area contributed by atoms with Crippen LogP contribution in [0, 0.1) is 0 Å². The molecule has 1 aliphatic carbocycles. The third-order valence-corrected chi connectivity index (χ3v) is 4.98. The normalized spacial score (nSPS) is 15.0. The summed E-state index contributed by atoms with van der Waals surface area (Å²) in [6.07, 6.45) is 5.59. The van der Waals surface area contributed by atoms with Crippen LogP contribution in [0.2, 0.25) is 5.02 Å². The van der Waals surface area contributed by atoms with Gasteiger partial charge in [-0.2, -0.15) is 0 Å². The number of carbonyl (C=O) groups excluding carboxylic acids is 2. The largest absolute Gasteiger partial charge is 0.348 e. The zero-order chi connectivity index (χ0) is 16.9. The van der Waals surface area contributed by atoms with Crippen LogP contribution in [0.4, 0.5) is 5.13 Å². The highest BCUT2D eigenvalue weighted by Crippen LogP contribution is 2.20. The first-order chi connectivity index (χ1) is 11.6. The van der Waals surface area contributed by atoms with E-state index in [0.717, 1.165) is 25.7 Å². The molecule has 1 saturated carbocycles. The summed E-state index contributed by atoms with van der Waals surface area (Å²) in [5.74, 6) is -0.479. The minimum atomic E-state index is -0.300. The maximum atomic E-state index is 12.2. The molecule has 7 heteroatoms. The fraction of sp³-hybridized carbons (Fsp3) is 0.353. The SMILES string of the molecule is O=C(Nc1nc(C(=O)NC2CCCCC2)cs1)c1cccc(Cl)c1. The van der Waals surface area contributed by atoms with Gasteiger partial charge in [-0.15, -0.1) is 11.3 Å². The number of nitrogens with one attached hydrogen (secondary N) is 2. The van der Waals surface area contributed by atoms with Crippen molar-refractivity contribution in [2.75, 3.05) is 5.32 Å². The van der Waals surface area contributed by atoms with E-state index < -0.39 is 0 Å². The highest BCUT2D eigenvalue weighted by atomic mass is 35.5. The monoisotopic (exact) mass is 363 g/mol. The van der Waals surface area contributed by atoms with Gasteiger partial charge in [-0.05, 0) is 31.0 Å². The lowest BCUT2D eigenvalue weighted by atomic mass is 9.95. The number of amides is 2. The minimum Gasteiger partial charge on any atom is -0.348 e. The maximum Gasteiger partial charge on any atom is 0.271 e. The van der Waals surface area contributed by atoms with Crippen molar-refractivity contribution in [3.63, 3.8) is 0 Å². The molecule has 1 aromatic carbocycles. The van der Waals surface area contributed by atoms with E-state index in [9.17, 15) is 9.59 Å². The molecule has 1 heterocycles. The van der Waals surface area contributed by atoms with Gasteiger partial charge in [0.25, 0.3) is 11.8 Å². The lowest BCUT2D eigenvalue weighted by molar-refractivity contribution is 0.0922. The standard InChI is InChI=1S/C17H18ClN3O2S/c18-12-6-4-5-11(9-12)15(22)21-17-20-14(10-24-17)16(23)19-13-7-2-1-3-8-13/h4-6,9-10,13H,1-3,7-8H2,(H,19,23)(H,20,21,22). The topological polar surface area (TPSA) is 71.1 Å². The van der Waals surface area contributed by atoms with E-state index in [4.69, 9.17) is 11.6 Å². The third-order valence-electron chi connectivity index (χ3n) is 3.98. The molecule has 3 rings (SSSR count). The zero-order valence-electron chi connectivity index (χ0n) is 13.0. The average molecular weight is 364 g/mol. The Morgan fingerprint density at radius 1 is 1.17 bits per heavy atom. The number of hydrogen-bond donors (Lipinski definition) is 2. The lowest BCUT2D eigenvalue weighted by Crippen LogP contribution is -2.36. The fourth-order valence-electron chi connectivity index (χ4n) is 2.74. The number of halogens is 1. The van der Waals surface area contributed by atoms with Gasteiger partial charge in [-0.25, -0.2) is 4.98 Å². The van der Waals surface area contributed by atoms with Gasteiger partial charge in [0.1, 0.15) is 5.69 Å². The van der Waals surface area contributed by atoms with E-state index in [0.29, 0.717) is 21.4 Å². The summed E-state index contributed by atoms with van der Waals surface area (Å²) in [6.45, 7) is 0. The first kappa shape index (κ1) is 16.9. The lowest BCUT2D eigenvalue weighted by Gasteiger charge is -2.22. The minimum absolute atomic E-state index is 0.179. The molecule has 0 aliphatic heterocycles. The summed E-state index contributed by atoms with van der Waals surface area (Å²) in [5, 5.41) is 8.26.